The van der Waals surface area contributed by atoms with Gasteiger partial charge in [0.2, 0.25) is 0 Å². The van der Waals surface area contributed by atoms with Crippen LogP contribution >= 0.6 is 0 Å². The number of nitrogens with one attached hydrogen (secondary N) is 1. The minimum atomic E-state index is -0.400. The van der Waals surface area contributed by atoms with Crippen molar-refractivity contribution in [2.75, 3.05) is 20.3 Å². The predicted molar refractivity (Wildman–Crippen MR) is 81.6 cm³/mol. The standard InChI is InChI=1S/C15H24N2O4/c1-5-21-10-14(11(2)3)16-9-12-8-13(17(18)19)6-7-15(12)20-4/h6-8,11,14,16H,5,9-10H2,1-4H3. The van der Waals surface area contributed by atoms with Crippen molar-refractivity contribution in [2.24, 2.45) is 5.92 Å². The van der Waals surface area contributed by atoms with Gasteiger partial charge in [0.15, 0.2) is 0 Å². The highest BCUT2D eigenvalue weighted by Gasteiger charge is 2.16. The lowest BCUT2D eigenvalue weighted by Gasteiger charge is -2.22. The zero-order chi connectivity index (χ0) is 15.8. The second-order valence-electron chi connectivity index (χ2n) is 5.14. The lowest BCUT2D eigenvalue weighted by atomic mass is 10.0. The van der Waals surface area contributed by atoms with Crippen LogP contribution in [0.15, 0.2) is 18.2 Å². The Hall–Kier alpha value is -1.66. The quantitative estimate of drug-likeness (QED) is 0.560. The van der Waals surface area contributed by atoms with Gasteiger partial charge in [-0.05, 0) is 18.9 Å². The number of nitro benzene ring substituents is 1. The number of methoxy groups -OCH3 is 1. The van der Waals surface area contributed by atoms with Crippen LogP contribution in [-0.4, -0.2) is 31.3 Å². The number of nitrogens with zero attached hydrogens (tertiary/aromatic N) is 1. The van der Waals surface area contributed by atoms with Gasteiger partial charge in [-0.15, -0.1) is 0 Å². The molecule has 0 aromatic heterocycles. The summed E-state index contributed by atoms with van der Waals surface area (Å²) in [6.07, 6.45) is 0. The van der Waals surface area contributed by atoms with E-state index in [9.17, 15) is 10.1 Å². The molecule has 0 aliphatic heterocycles. The summed E-state index contributed by atoms with van der Waals surface area (Å²) in [5.74, 6) is 1.05. The van der Waals surface area contributed by atoms with E-state index in [0.29, 0.717) is 31.4 Å². The van der Waals surface area contributed by atoms with Gasteiger partial charge in [-0.2, -0.15) is 0 Å². The molecular weight excluding hydrogens is 272 g/mol. The molecule has 1 N–H and O–H groups in total. The van der Waals surface area contributed by atoms with E-state index in [4.69, 9.17) is 9.47 Å². The molecule has 1 rings (SSSR count). The molecule has 6 heteroatoms. The van der Waals surface area contributed by atoms with E-state index in [1.54, 1.807) is 19.2 Å². The average Bonchev–Trinajstić information content (AvgIpc) is 2.46. The number of nitro groups is 1. The number of benzene rings is 1. The number of ether oxygens (including phenoxy) is 2. The summed E-state index contributed by atoms with van der Waals surface area (Å²) >= 11 is 0. The van der Waals surface area contributed by atoms with E-state index in [1.165, 1.54) is 6.07 Å². The van der Waals surface area contributed by atoms with Crippen LogP contribution in [0.3, 0.4) is 0 Å². The topological polar surface area (TPSA) is 73.6 Å². The maximum absolute atomic E-state index is 10.9. The Labute approximate surface area is 125 Å². The van der Waals surface area contributed by atoms with Crippen molar-refractivity contribution < 1.29 is 14.4 Å². The van der Waals surface area contributed by atoms with Crippen LogP contribution in [0.25, 0.3) is 0 Å². The van der Waals surface area contributed by atoms with Gasteiger partial charge in [-0.25, -0.2) is 0 Å². The molecule has 1 atom stereocenters. The maximum Gasteiger partial charge on any atom is 0.270 e. The fourth-order valence-corrected chi connectivity index (χ4v) is 1.99. The maximum atomic E-state index is 10.9. The third-order valence-corrected chi connectivity index (χ3v) is 3.34. The lowest BCUT2D eigenvalue weighted by Crippen LogP contribution is -2.37. The molecule has 0 heterocycles. The third-order valence-electron chi connectivity index (χ3n) is 3.34. The summed E-state index contributed by atoms with van der Waals surface area (Å²) in [6.45, 7) is 7.97. The third kappa shape index (κ3) is 5.32. The van der Waals surface area contributed by atoms with E-state index >= 15 is 0 Å². The molecule has 0 aliphatic rings. The zero-order valence-electron chi connectivity index (χ0n) is 13.1. The van der Waals surface area contributed by atoms with Crippen LogP contribution < -0.4 is 10.1 Å². The van der Waals surface area contributed by atoms with Crippen molar-refractivity contribution in [3.8, 4) is 5.75 Å². The first-order chi connectivity index (χ1) is 9.99. The van der Waals surface area contributed by atoms with Gasteiger partial charge >= 0.3 is 0 Å². The fourth-order valence-electron chi connectivity index (χ4n) is 1.99. The summed E-state index contributed by atoms with van der Waals surface area (Å²) < 4.78 is 10.7. The largest absolute Gasteiger partial charge is 0.496 e. The first-order valence-corrected chi connectivity index (χ1v) is 7.12. The molecule has 0 radical (unpaired) electrons. The monoisotopic (exact) mass is 296 g/mol. The Balaban J connectivity index is 2.79. The zero-order valence-corrected chi connectivity index (χ0v) is 13.1. The van der Waals surface area contributed by atoms with E-state index in [0.717, 1.165) is 5.56 Å². The minimum Gasteiger partial charge on any atom is -0.496 e. The van der Waals surface area contributed by atoms with Crippen molar-refractivity contribution >= 4 is 5.69 Å². The Kier molecular flexibility index (Phi) is 7.11. The normalized spacial score (nSPS) is 12.4. The summed E-state index contributed by atoms with van der Waals surface area (Å²) in [5, 5.41) is 14.2. The highest BCUT2D eigenvalue weighted by molar-refractivity contribution is 5.43. The summed E-state index contributed by atoms with van der Waals surface area (Å²) in [5.41, 5.74) is 0.840. The Morgan fingerprint density at radius 1 is 1.38 bits per heavy atom. The molecule has 1 aromatic carbocycles. The first-order valence-electron chi connectivity index (χ1n) is 7.12. The Morgan fingerprint density at radius 3 is 2.62 bits per heavy atom. The molecular formula is C15H24N2O4. The van der Waals surface area contributed by atoms with Gasteiger partial charge < -0.3 is 14.8 Å². The van der Waals surface area contributed by atoms with Crippen LogP contribution in [-0.2, 0) is 11.3 Å². The van der Waals surface area contributed by atoms with Crippen molar-refractivity contribution in [1.29, 1.82) is 0 Å². The van der Waals surface area contributed by atoms with E-state index in [2.05, 4.69) is 19.2 Å². The molecule has 1 aromatic rings. The van der Waals surface area contributed by atoms with Gasteiger partial charge in [-0.1, -0.05) is 13.8 Å². The van der Waals surface area contributed by atoms with Gasteiger partial charge in [0, 0.05) is 36.9 Å². The highest BCUT2D eigenvalue weighted by atomic mass is 16.6. The molecule has 0 saturated carbocycles. The molecule has 0 saturated heterocycles. The molecule has 118 valence electrons. The molecule has 0 aliphatic carbocycles. The summed E-state index contributed by atoms with van der Waals surface area (Å²) in [4.78, 5) is 10.5. The van der Waals surface area contributed by atoms with Crippen LogP contribution in [0.1, 0.15) is 26.3 Å². The summed E-state index contributed by atoms with van der Waals surface area (Å²) in [6, 6.07) is 4.81. The molecule has 0 fully saturated rings. The van der Waals surface area contributed by atoms with Gasteiger partial charge in [0.25, 0.3) is 5.69 Å². The van der Waals surface area contributed by atoms with E-state index in [1.807, 2.05) is 6.92 Å². The smallest absolute Gasteiger partial charge is 0.270 e. The number of rotatable bonds is 9. The molecule has 0 amide bonds. The Morgan fingerprint density at radius 2 is 2.10 bits per heavy atom. The van der Waals surface area contributed by atoms with Gasteiger partial charge in [0.1, 0.15) is 5.75 Å². The van der Waals surface area contributed by atoms with Crippen LogP contribution in [0.5, 0.6) is 5.75 Å². The SMILES string of the molecule is CCOCC(NCc1cc([N+](=O)[O-])ccc1OC)C(C)C. The molecule has 0 bridgehead atoms. The van der Waals surface area contributed by atoms with Gasteiger partial charge in [-0.3, -0.25) is 10.1 Å². The van der Waals surface area contributed by atoms with Gasteiger partial charge in [0.05, 0.1) is 18.6 Å². The average molecular weight is 296 g/mol. The van der Waals surface area contributed by atoms with E-state index < -0.39 is 4.92 Å². The first kappa shape index (κ1) is 17.4. The Bertz CT molecular complexity index is 463. The number of hydrogen-bond donors (Lipinski definition) is 1. The fraction of sp³-hybridized carbons (Fsp3) is 0.600. The van der Waals surface area contributed by atoms with Crippen molar-refractivity contribution in [3.63, 3.8) is 0 Å². The van der Waals surface area contributed by atoms with Crippen molar-refractivity contribution in [3.05, 3.63) is 33.9 Å². The second kappa shape index (κ2) is 8.59. The van der Waals surface area contributed by atoms with Crippen LogP contribution in [0.4, 0.5) is 5.69 Å². The molecule has 21 heavy (non-hydrogen) atoms. The van der Waals surface area contributed by atoms with Crippen molar-refractivity contribution in [2.45, 2.75) is 33.4 Å². The second-order valence-corrected chi connectivity index (χ2v) is 5.14. The highest BCUT2D eigenvalue weighted by Crippen LogP contribution is 2.24. The molecule has 1 unspecified atom stereocenters. The molecule has 6 nitrogen and oxygen atoms in total. The van der Waals surface area contributed by atoms with E-state index in [-0.39, 0.29) is 11.7 Å². The molecule has 0 spiro atoms. The minimum absolute atomic E-state index is 0.0681. The number of non-ortho nitro benzene ring substituents is 1. The lowest BCUT2D eigenvalue weighted by molar-refractivity contribution is -0.384. The summed E-state index contributed by atoms with van der Waals surface area (Å²) in [7, 11) is 1.56. The predicted octanol–water partition coefficient (Wildman–Crippen LogP) is 2.75. The van der Waals surface area contributed by atoms with Crippen LogP contribution in [0, 0.1) is 16.0 Å². The number of hydrogen-bond acceptors (Lipinski definition) is 5. The van der Waals surface area contributed by atoms with Crippen LogP contribution in [0.2, 0.25) is 0 Å². The van der Waals surface area contributed by atoms with Crippen molar-refractivity contribution in [1.82, 2.24) is 5.32 Å².